The fourth-order valence-electron chi connectivity index (χ4n) is 1.80. The molecule has 0 aliphatic rings. The van der Waals surface area contributed by atoms with Gasteiger partial charge in [-0.3, -0.25) is 4.68 Å². The van der Waals surface area contributed by atoms with E-state index in [1.807, 2.05) is 12.3 Å². The Balaban J connectivity index is 1.82. The molecule has 2 rings (SSSR count). The third kappa shape index (κ3) is 3.59. The van der Waals surface area contributed by atoms with Crippen LogP contribution in [0.4, 0.5) is 8.78 Å². The Morgan fingerprint density at radius 2 is 2.00 bits per heavy atom. The predicted octanol–water partition coefficient (Wildman–Crippen LogP) is 1.48. The standard InChI is InChI=1S/C13H15F2N3O/c14-10-3-1-4-11(15)13(10)12(19)9-16-6-8-18-7-2-5-17-18/h1-5,7,12,16,19H,6,8-9H2. The van der Waals surface area contributed by atoms with E-state index >= 15 is 0 Å². The van der Waals surface area contributed by atoms with Gasteiger partial charge in [0.2, 0.25) is 0 Å². The van der Waals surface area contributed by atoms with Gasteiger partial charge in [0.25, 0.3) is 0 Å². The first-order valence-corrected chi connectivity index (χ1v) is 5.98. The Morgan fingerprint density at radius 3 is 2.63 bits per heavy atom. The van der Waals surface area contributed by atoms with Crippen LogP contribution in [0.25, 0.3) is 0 Å². The Hall–Kier alpha value is -1.79. The molecule has 0 aliphatic carbocycles. The molecule has 19 heavy (non-hydrogen) atoms. The fourth-order valence-corrected chi connectivity index (χ4v) is 1.80. The van der Waals surface area contributed by atoms with Gasteiger partial charge in [0.15, 0.2) is 0 Å². The van der Waals surface area contributed by atoms with E-state index < -0.39 is 17.7 Å². The average molecular weight is 267 g/mol. The van der Waals surface area contributed by atoms with Crippen LogP contribution in [0.5, 0.6) is 0 Å². The molecule has 2 aromatic rings. The lowest BCUT2D eigenvalue weighted by Gasteiger charge is -2.13. The molecule has 0 aliphatic heterocycles. The van der Waals surface area contributed by atoms with Crippen molar-refractivity contribution in [2.24, 2.45) is 0 Å². The molecule has 0 amide bonds. The molecule has 0 fully saturated rings. The molecular weight excluding hydrogens is 252 g/mol. The number of aliphatic hydroxyl groups excluding tert-OH is 1. The maximum absolute atomic E-state index is 13.4. The first kappa shape index (κ1) is 13.6. The van der Waals surface area contributed by atoms with Crippen molar-refractivity contribution in [3.8, 4) is 0 Å². The first-order valence-electron chi connectivity index (χ1n) is 5.98. The summed E-state index contributed by atoms with van der Waals surface area (Å²) in [6.45, 7) is 1.26. The zero-order chi connectivity index (χ0) is 13.7. The molecule has 0 bridgehead atoms. The van der Waals surface area contributed by atoms with Gasteiger partial charge in [-0.25, -0.2) is 8.78 Å². The lowest BCUT2D eigenvalue weighted by atomic mass is 10.1. The van der Waals surface area contributed by atoms with Gasteiger partial charge in [-0.2, -0.15) is 5.10 Å². The Kier molecular flexibility index (Phi) is 4.59. The topological polar surface area (TPSA) is 50.1 Å². The number of nitrogens with one attached hydrogen (secondary N) is 1. The molecule has 0 saturated heterocycles. The van der Waals surface area contributed by atoms with Crippen molar-refractivity contribution in [1.82, 2.24) is 15.1 Å². The van der Waals surface area contributed by atoms with Crippen molar-refractivity contribution >= 4 is 0 Å². The summed E-state index contributed by atoms with van der Waals surface area (Å²) < 4.78 is 28.5. The molecule has 1 heterocycles. The second kappa shape index (κ2) is 6.40. The highest BCUT2D eigenvalue weighted by Crippen LogP contribution is 2.19. The number of halogens is 2. The zero-order valence-electron chi connectivity index (χ0n) is 10.3. The van der Waals surface area contributed by atoms with Gasteiger partial charge in [-0.1, -0.05) is 6.07 Å². The maximum atomic E-state index is 13.4. The summed E-state index contributed by atoms with van der Waals surface area (Å²) in [5.74, 6) is -1.47. The number of nitrogens with zero attached hydrogens (tertiary/aromatic N) is 2. The molecule has 2 N–H and O–H groups in total. The molecule has 1 unspecified atom stereocenters. The van der Waals surface area contributed by atoms with E-state index in [0.29, 0.717) is 13.1 Å². The van der Waals surface area contributed by atoms with Crippen LogP contribution in [0.1, 0.15) is 11.7 Å². The zero-order valence-corrected chi connectivity index (χ0v) is 10.3. The number of benzene rings is 1. The van der Waals surface area contributed by atoms with Crippen LogP contribution in [-0.2, 0) is 6.54 Å². The lowest BCUT2D eigenvalue weighted by Crippen LogP contribution is -2.26. The fraction of sp³-hybridized carbons (Fsp3) is 0.308. The Morgan fingerprint density at radius 1 is 1.26 bits per heavy atom. The minimum absolute atomic E-state index is 0.0825. The monoisotopic (exact) mass is 267 g/mol. The normalized spacial score (nSPS) is 12.6. The molecule has 1 atom stereocenters. The van der Waals surface area contributed by atoms with Crippen LogP contribution in [0.3, 0.4) is 0 Å². The van der Waals surface area contributed by atoms with Crippen LogP contribution in [-0.4, -0.2) is 28.0 Å². The molecule has 0 saturated carbocycles. The second-order valence-electron chi connectivity index (χ2n) is 4.12. The smallest absolute Gasteiger partial charge is 0.131 e. The van der Waals surface area contributed by atoms with Crippen molar-refractivity contribution in [1.29, 1.82) is 0 Å². The van der Waals surface area contributed by atoms with Crippen LogP contribution < -0.4 is 5.32 Å². The Labute approximate surface area is 109 Å². The van der Waals surface area contributed by atoms with Gasteiger partial charge in [-0.05, 0) is 18.2 Å². The summed E-state index contributed by atoms with van der Waals surface area (Å²) in [6.07, 6.45) is 2.27. The summed E-state index contributed by atoms with van der Waals surface area (Å²) in [6, 6.07) is 5.34. The van der Waals surface area contributed by atoms with E-state index in [1.54, 1.807) is 10.9 Å². The van der Waals surface area contributed by atoms with E-state index in [0.717, 1.165) is 12.1 Å². The highest BCUT2D eigenvalue weighted by Gasteiger charge is 2.16. The molecule has 6 heteroatoms. The second-order valence-corrected chi connectivity index (χ2v) is 4.12. The van der Waals surface area contributed by atoms with E-state index in [4.69, 9.17) is 0 Å². The summed E-state index contributed by atoms with van der Waals surface area (Å²) in [5, 5.41) is 16.7. The molecule has 1 aromatic carbocycles. The van der Waals surface area contributed by atoms with Crippen molar-refractivity contribution in [2.75, 3.05) is 13.1 Å². The van der Waals surface area contributed by atoms with Gasteiger partial charge in [-0.15, -0.1) is 0 Å². The number of hydrogen-bond acceptors (Lipinski definition) is 3. The van der Waals surface area contributed by atoms with Gasteiger partial charge < -0.3 is 10.4 Å². The van der Waals surface area contributed by atoms with Crippen molar-refractivity contribution in [2.45, 2.75) is 12.6 Å². The van der Waals surface area contributed by atoms with E-state index in [2.05, 4.69) is 10.4 Å². The number of aromatic nitrogens is 2. The van der Waals surface area contributed by atoms with Crippen molar-refractivity contribution in [3.05, 3.63) is 53.9 Å². The highest BCUT2D eigenvalue weighted by molar-refractivity contribution is 5.22. The molecular formula is C13H15F2N3O. The summed E-state index contributed by atoms with van der Waals surface area (Å²) in [4.78, 5) is 0. The van der Waals surface area contributed by atoms with E-state index in [1.165, 1.54) is 6.07 Å². The molecule has 102 valence electrons. The largest absolute Gasteiger partial charge is 0.387 e. The van der Waals surface area contributed by atoms with Gasteiger partial charge in [0, 0.05) is 25.5 Å². The predicted molar refractivity (Wildman–Crippen MR) is 66.4 cm³/mol. The number of aliphatic hydroxyl groups is 1. The van der Waals surface area contributed by atoms with Crippen LogP contribution in [0, 0.1) is 11.6 Å². The van der Waals surface area contributed by atoms with Crippen LogP contribution >= 0.6 is 0 Å². The number of rotatable bonds is 6. The summed E-state index contributed by atoms with van der Waals surface area (Å²) in [5.41, 5.74) is -0.297. The molecule has 4 nitrogen and oxygen atoms in total. The molecule has 0 radical (unpaired) electrons. The van der Waals surface area contributed by atoms with Crippen molar-refractivity contribution in [3.63, 3.8) is 0 Å². The Bertz CT molecular complexity index is 496. The van der Waals surface area contributed by atoms with E-state index in [9.17, 15) is 13.9 Å². The highest BCUT2D eigenvalue weighted by atomic mass is 19.1. The van der Waals surface area contributed by atoms with Crippen molar-refractivity contribution < 1.29 is 13.9 Å². The van der Waals surface area contributed by atoms with E-state index in [-0.39, 0.29) is 12.1 Å². The quantitative estimate of drug-likeness (QED) is 0.780. The van der Waals surface area contributed by atoms with Gasteiger partial charge in [0.05, 0.1) is 18.2 Å². The van der Waals surface area contributed by atoms with Gasteiger partial charge >= 0.3 is 0 Å². The maximum Gasteiger partial charge on any atom is 0.131 e. The first-order chi connectivity index (χ1) is 9.18. The minimum atomic E-state index is -1.21. The average Bonchev–Trinajstić information content (AvgIpc) is 2.87. The lowest BCUT2D eigenvalue weighted by molar-refractivity contribution is 0.164. The van der Waals surface area contributed by atoms with Crippen LogP contribution in [0.2, 0.25) is 0 Å². The number of hydrogen-bond donors (Lipinski definition) is 2. The third-order valence-electron chi connectivity index (χ3n) is 2.75. The third-order valence-corrected chi connectivity index (χ3v) is 2.75. The van der Waals surface area contributed by atoms with Gasteiger partial charge in [0.1, 0.15) is 11.6 Å². The summed E-state index contributed by atoms with van der Waals surface area (Å²) in [7, 11) is 0. The minimum Gasteiger partial charge on any atom is -0.387 e. The SMILES string of the molecule is OC(CNCCn1cccn1)c1c(F)cccc1F. The summed E-state index contributed by atoms with van der Waals surface area (Å²) >= 11 is 0. The van der Waals surface area contributed by atoms with Crippen LogP contribution in [0.15, 0.2) is 36.7 Å². The molecule has 1 aromatic heterocycles. The molecule has 0 spiro atoms.